The number of carboxylic acid groups (broad SMARTS) is 1. The number of aryl methyl sites for hydroxylation is 2. The molecule has 0 amide bonds. The molecule has 0 bridgehead atoms. The highest BCUT2D eigenvalue weighted by molar-refractivity contribution is 5.73. The number of carboxylic acids is 1. The van der Waals surface area contributed by atoms with Crippen molar-refractivity contribution in [1.82, 2.24) is 4.90 Å². The van der Waals surface area contributed by atoms with Crippen LogP contribution in [-0.2, 0) is 4.79 Å². The fraction of sp³-hybridized carbons (Fsp3) is 0.421. The minimum atomic E-state index is -0.744. The molecule has 23 heavy (non-hydrogen) atoms. The molecule has 122 valence electrons. The van der Waals surface area contributed by atoms with Gasteiger partial charge in [-0.2, -0.15) is 0 Å². The molecule has 2 aromatic rings. The summed E-state index contributed by atoms with van der Waals surface area (Å²) in [4.78, 5) is 13.8. The van der Waals surface area contributed by atoms with Crippen molar-refractivity contribution in [2.45, 2.75) is 45.2 Å². The predicted molar refractivity (Wildman–Crippen MR) is 88.4 cm³/mol. The fourth-order valence-corrected chi connectivity index (χ4v) is 3.60. The molecular weight excluding hydrogens is 290 g/mol. The summed E-state index contributed by atoms with van der Waals surface area (Å²) in [6.07, 6.45) is 4.33. The number of piperidine rings is 1. The molecule has 4 heteroatoms. The van der Waals surface area contributed by atoms with Crippen molar-refractivity contribution in [1.29, 1.82) is 0 Å². The van der Waals surface area contributed by atoms with Crippen LogP contribution in [0.3, 0.4) is 0 Å². The van der Waals surface area contributed by atoms with E-state index in [1.54, 1.807) is 6.26 Å². The molecule has 1 fully saturated rings. The van der Waals surface area contributed by atoms with E-state index in [-0.39, 0.29) is 6.04 Å². The second-order valence-corrected chi connectivity index (χ2v) is 6.37. The number of benzene rings is 1. The molecule has 2 atom stereocenters. The van der Waals surface area contributed by atoms with Crippen LogP contribution in [0.2, 0.25) is 0 Å². The van der Waals surface area contributed by atoms with Crippen LogP contribution in [-0.4, -0.2) is 28.6 Å². The Morgan fingerprint density at radius 2 is 2.13 bits per heavy atom. The zero-order valence-electron chi connectivity index (χ0n) is 13.7. The predicted octanol–water partition coefficient (Wildman–Crippen LogP) is 3.92. The Bertz CT molecular complexity index is 678. The molecule has 1 aromatic carbocycles. The molecule has 0 spiro atoms. The van der Waals surface area contributed by atoms with E-state index in [1.807, 2.05) is 12.1 Å². The van der Waals surface area contributed by atoms with E-state index in [4.69, 9.17) is 4.42 Å². The zero-order chi connectivity index (χ0) is 16.4. The first-order valence-corrected chi connectivity index (χ1v) is 8.17. The Morgan fingerprint density at radius 1 is 1.30 bits per heavy atom. The standard InChI is InChI=1S/C19H23NO3/c1-13-8-9-15(14(2)12-13)18(17-7-5-11-23-17)20-10-4-3-6-16(20)19(21)22/h5,7-9,11-12,16,18H,3-4,6,10H2,1-2H3,(H,21,22). The van der Waals surface area contributed by atoms with Crippen LogP contribution >= 0.6 is 0 Å². The number of likely N-dealkylation sites (tertiary alicyclic amines) is 1. The second-order valence-electron chi connectivity index (χ2n) is 6.37. The maximum Gasteiger partial charge on any atom is 0.320 e. The van der Waals surface area contributed by atoms with Crippen LogP contribution in [0, 0.1) is 13.8 Å². The van der Waals surface area contributed by atoms with E-state index < -0.39 is 12.0 Å². The van der Waals surface area contributed by atoms with Crippen LogP contribution < -0.4 is 0 Å². The highest BCUT2D eigenvalue weighted by atomic mass is 16.4. The molecular formula is C19H23NO3. The number of hydrogen-bond acceptors (Lipinski definition) is 3. The lowest BCUT2D eigenvalue weighted by molar-refractivity contribution is -0.145. The molecule has 0 saturated carbocycles. The van der Waals surface area contributed by atoms with Gasteiger partial charge in [0.15, 0.2) is 0 Å². The summed E-state index contributed by atoms with van der Waals surface area (Å²) in [6.45, 7) is 4.92. The van der Waals surface area contributed by atoms with Crippen molar-refractivity contribution in [3.63, 3.8) is 0 Å². The molecule has 4 nitrogen and oxygen atoms in total. The van der Waals surface area contributed by atoms with Gasteiger partial charge in [-0.3, -0.25) is 9.69 Å². The summed E-state index contributed by atoms with van der Waals surface area (Å²) in [5.74, 6) is 0.0659. The smallest absolute Gasteiger partial charge is 0.320 e. The van der Waals surface area contributed by atoms with Gasteiger partial charge in [0.25, 0.3) is 0 Å². The monoisotopic (exact) mass is 313 g/mol. The van der Waals surface area contributed by atoms with Crippen molar-refractivity contribution >= 4 is 5.97 Å². The number of rotatable bonds is 4. The Labute approximate surface area is 136 Å². The van der Waals surface area contributed by atoms with Crippen molar-refractivity contribution < 1.29 is 14.3 Å². The number of aliphatic carboxylic acids is 1. The van der Waals surface area contributed by atoms with Crippen LogP contribution in [0.4, 0.5) is 0 Å². The average molecular weight is 313 g/mol. The number of carbonyl (C=O) groups is 1. The third kappa shape index (κ3) is 3.17. The first-order valence-electron chi connectivity index (χ1n) is 8.17. The number of furan rings is 1. The summed E-state index contributed by atoms with van der Waals surface area (Å²) in [5, 5.41) is 9.64. The molecule has 3 rings (SSSR count). The van der Waals surface area contributed by atoms with Gasteiger partial charge in [0.2, 0.25) is 0 Å². The molecule has 2 heterocycles. The highest BCUT2D eigenvalue weighted by Gasteiger charge is 2.36. The Kier molecular flexibility index (Phi) is 4.53. The second kappa shape index (κ2) is 6.59. The summed E-state index contributed by atoms with van der Waals surface area (Å²) < 4.78 is 5.68. The Hall–Kier alpha value is -2.07. The van der Waals surface area contributed by atoms with Gasteiger partial charge >= 0.3 is 5.97 Å². The average Bonchev–Trinajstić information content (AvgIpc) is 3.04. The van der Waals surface area contributed by atoms with Gasteiger partial charge in [0, 0.05) is 6.54 Å². The lowest BCUT2D eigenvalue weighted by Gasteiger charge is -2.39. The lowest BCUT2D eigenvalue weighted by atomic mass is 9.92. The molecule has 1 aliphatic heterocycles. The molecule has 1 aliphatic rings. The molecule has 0 aliphatic carbocycles. The largest absolute Gasteiger partial charge is 0.480 e. The molecule has 1 saturated heterocycles. The van der Waals surface area contributed by atoms with E-state index in [1.165, 1.54) is 11.1 Å². The van der Waals surface area contributed by atoms with Gasteiger partial charge in [-0.05, 0) is 49.9 Å². The van der Waals surface area contributed by atoms with Crippen molar-refractivity contribution in [3.05, 3.63) is 59.0 Å². The minimum absolute atomic E-state index is 0.146. The van der Waals surface area contributed by atoms with Crippen molar-refractivity contribution in [2.24, 2.45) is 0 Å². The zero-order valence-corrected chi connectivity index (χ0v) is 13.7. The number of hydrogen-bond donors (Lipinski definition) is 1. The summed E-state index contributed by atoms with van der Waals surface area (Å²) in [5.41, 5.74) is 3.50. The van der Waals surface area contributed by atoms with Gasteiger partial charge in [0.05, 0.1) is 12.3 Å². The minimum Gasteiger partial charge on any atom is -0.480 e. The van der Waals surface area contributed by atoms with E-state index in [2.05, 4.69) is 36.9 Å². The highest BCUT2D eigenvalue weighted by Crippen LogP contribution is 2.36. The fourth-order valence-electron chi connectivity index (χ4n) is 3.60. The molecule has 2 unspecified atom stereocenters. The summed E-state index contributed by atoms with van der Waals surface area (Å²) in [7, 11) is 0. The Morgan fingerprint density at radius 3 is 2.78 bits per heavy atom. The van der Waals surface area contributed by atoms with E-state index in [0.717, 1.165) is 30.7 Å². The lowest BCUT2D eigenvalue weighted by Crippen LogP contribution is -2.46. The van der Waals surface area contributed by atoms with Gasteiger partial charge in [-0.15, -0.1) is 0 Å². The van der Waals surface area contributed by atoms with Crippen LogP contribution in [0.25, 0.3) is 0 Å². The molecule has 0 radical (unpaired) electrons. The summed E-state index contributed by atoms with van der Waals surface area (Å²) in [6, 6.07) is 9.53. The maximum absolute atomic E-state index is 11.7. The first-order chi connectivity index (χ1) is 11.1. The van der Waals surface area contributed by atoms with Crippen LogP contribution in [0.1, 0.15) is 47.8 Å². The van der Waals surface area contributed by atoms with Gasteiger partial charge in [0.1, 0.15) is 11.8 Å². The molecule has 1 aromatic heterocycles. The van der Waals surface area contributed by atoms with Crippen LogP contribution in [0.5, 0.6) is 0 Å². The van der Waals surface area contributed by atoms with Crippen molar-refractivity contribution in [2.75, 3.05) is 6.54 Å². The quantitative estimate of drug-likeness (QED) is 0.929. The Balaban J connectivity index is 2.07. The van der Waals surface area contributed by atoms with Gasteiger partial charge in [-0.25, -0.2) is 0 Å². The maximum atomic E-state index is 11.7. The van der Waals surface area contributed by atoms with Crippen molar-refractivity contribution in [3.8, 4) is 0 Å². The third-order valence-corrected chi connectivity index (χ3v) is 4.69. The van der Waals surface area contributed by atoms with Crippen LogP contribution in [0.15, 0.2) is 41.0 Å². The first kappa shape index (κ1) is 15.8. The number of nitrogens with zero attached hydrogens (tertiary/aromatic N) is 1. The van der Waals surface area contributed by atoms with Gasteiger partial charge < -0.3 is 9.52 Å². The molecule has 1 N–H and O–H groups in total. The van der Waals surface area contributed by atoms with E-state index in [9.17, 15) is 9.90 Å². The van der Waals surface area contributed by atoms with E-state index in [0.29, 0.717) is 6.42 Å². The summed E-state index contributed by atoms with van der Waals surface area (Å²) >= 11 is 0. The topological polar surface area (TPSA) is 53.7 Å². The SMILES string of the molecule is Cc1ccc(C(c2ccco2)N2CCCCC2C(=O)O)c(C)c1. The van der Waals surface area contributed by atoms with E-state index >= 15 is 0 Å². The van der Waals surface area contributed by atoms with Gasteiger partial charge in [-0.1, -0.05) is 30.2 Å². The normalized spacial score (nSPS) is 20.3. The third-order valence-electron chi connectivity index (χ3n) is 4.69.